The Hall–Kier alpha value is -3.78. The maximum Gasteiger partial charge on any atom is -0.147 e. The van der Waals surface area contributed by atoms with Gasteiger partial charge in [-0.05, 0) is 0 Å². The van der Waals surface area contributed by atoms with Crippen molar-refractivity contribution in [1.29, 1.82) is 0 Å². The summed E-state index contributed by atoms with van der Waals surface area (Å²) < 4.78 is 6.32. The van der Waals surface area contributed by atoms with E-state index >= 15 is 0 Å². The van der Waals surface area contributed by atoms with Gasteiger partial charge >= 0.3 is 352 Å². The van der Waals surface area contributed by atoms with E-state index in [-0.39, 0.29) is 35.6 Å². The maximum absolute atomic E-state index is 4.05. The van der Waals surface area contributed by atoms with Gasteiger partial charge in [-0.3, -0.25) is 0 Å². The van der Waals surface area contributed by atoms with Crippen LogP contribution >= 0.6 is 24.8 Å². The second kappa shape index (κ2) is 15.5. The molecule has 0 radical (unpaired) electrons. The second-order valence-corrected chi connectivity index (χ2v) is 51.2. The van der Waals surface area contributed by atoms with E-state index < -0.39 is 17.4 Å². The molecule has 0 amide bonds. The van der Waals surface area contributed by atoms with Gasteiger partial charge in [0.2, 0.25) is 0 Å². The van der Waals surface area contributed by atoms with Crippen molar-refractivity contribution < 1.29 is 17.4 Å². The molecular formula is C56H60Cl2SiZr. The zero-order chi connectivity index (χ0) is 41.0. The van der Waals surface area contributed by atoms with Crippen LogP contribution in [0.5, 0.6) is 0 Å². The van der Waals surface area contributed by atoms with Crippen molar-refractivity contribution in [3.8, 4) is 22.3 Å². The van der Waals surface area contributed by atoms with Crippen LogP contribution in [0, 0.1) is 6.92 Å². The normalized spacial score (nSPS) is 16.4. The number of rotatable bonds is 5. The number of allylic oxidation sites excluding steroid dienone is 2. The van der Waals surface area contributed by atoms with Crippen LogP contribution in [-0.2, 0) is 28.2 Å². The summed E-state index contributed by atoms with van der Waals surface area (Å²) >= 11 is -4.05. The Morgan fingerprint density at radius 2 is 1.03 bits per heavy atom. The number of aryl methyl sites for hydroxylation is 1. The zero-order valence-electron chi connectivity index (χ0n) is 37.0. The van der Waals surface area contributed by atoms with E-state index in [0.717, 1.165) is 0 Å². The molecule has 0 spiro atoms. The van der Waals surface area contributed by atoms with Gasteiger partial charge < -0.3 is 0 Å². The molecule has 2 atom stereocenters. The number of fused-ring (bicyclic) bond motifs is 5. The molecule has 2 aliphatic rings. The van der Waals surface area contributed by atoms with E-state index in [1.165, 1.54) is 93.9 Å². The van der Waals surface area contributed by atoms with Crippen LogP contribution in [0.4, 0.5) is 0 Å². The molecule has 9 rings (SSSR count). The third-order valence-electron chi connectivity index (χ3n) is 13.8. The van der Waals surface area contributed by atoms with Crippen molar-refractivity contribution in [2.24, 2.45) is 0 Å². The van der Waals surface area contributed by atoms with Crippen LogP contribution in [0.2, 0.25) is 9.26 Å². The van der Waals surface area contributed by atoms with Gasteiger partial charge in [0, 0.05) is 0 Å². The fourth-order valence-electron chi connectivity index (χ4n) is 11.0. The number of halogens is 2. The number of hydrogen-bond acceptors (Lipinski definition) is 0. The van der Waals surface area contributed by atoms with Crippen molar-refractivity contribution in [1.82, 2.24) is 0 Å². The largest absolute Gasteiger partial charge is 0.147 e. The first-order valence-electron chi connectivity index (χ1n) is 21.3. The molecule has 0 saturated heterocycles. The monoisotopic (exact) mass is 920 g/mol. The molecule has 306 valence electrons. The average molecular weight is 923 g/mol. The first-order chi connectivity index (χ1) is 27.4. The first-order valence-corrected chi connectivity index (χ1v) is 34.9. The van der Waals surface area contributed by atoms with Crippen molar-refractivity contribution >= 4 is 71.0 Å². The topological polar surface area (TPSA) is 0 Å². The van der Waals surface area contributed by atoms with Gasteiger partial charge in [0.15, 0.2) is 0 Å². The van der Waals surface area contributed by atoms with E-state index in [2.05, 4.69) is 217 Å². The summed E-state index contributed by atoms with van der Waals surface area (Å²) in [5.74, 6) is 0. The molecule has 4 heteroatoms. The van der Waals surface area contributed by atoms with Crippen LogP contribution in [-0.4, -0.2) is 6.88 Å². The Morgan fingerprint density at radius 3 is 1.65 bits per heavy atom. The minimum atomic E-state index is -4.05. The van der Waals surface area contributed by atoms with E-state index in [1.807, 2.05) is 0 Å². The van der Waals surface area contributed by atoms with Gasteiger partial charge in [-0.25, -0.2) is 0 Å². The molecule has 0 fully saturated rings. The number of hydrogen-bond donors (Lipinski definition) is 0. The maximum atomic E-state index is 2.79. The summed E-state index contributed by atoms with van der Waals surface area (Å²) in [5, 5.41) is 5.31. The fraction of sp³-hybridized carbons (Fsp3) is 0.250. The summed E-state index contributed by atoms with van der Waals surface area (Å²) in [6.07, 6.45) is 5.20. The predicted molar refractivity (Wildman–Crippen MR) is 269 cm³/mol. The Kier molecular flexibility index (Phi) is 11.5. The summed E-state index contributed by atoms with van der Waals surface area (Å²) in [5.41, 5.74) is 20.1. The standard InChI is InChI=1S/C33H27.C21H23.2CH3.2ClH.H2Si.Zr/c1-33(2,3)26-17-14-23(15-18-26)28-11-6-9-24-20-25(21-32(24)28)29-12-7-13-30-27-10-5-4-8-22(27)16-19-31(29)30;1-14-12-19-15(2)6-11-18(20(19)13-14)16-7-9-17(10-8-16)21(3,4)5;;;;;;/h4-21H,1-3H3;6-13H,1-5H3;2*1H3;2*1H;1H2;. The Balaban J connectivity index is 0.00000272. The van der Waals surface area contributed by atoms with E-state index in [0.29, 0.717) is 7.25 Å². The predicted octanol–water partition coefficient (Wildman–Crippen LogP) is 16.2. The van der Waals surface area contributed by atoms with Crippen molar-refractivity contribution in [3.63, 3.8) is 0 Å². The fourth-order valence-corrected chi connectivity index (χ4v) is 30.9. The average Bonchev–Trinajstić information content (AvgIpc) is 3.77. The molecule has 0 heterocycles. The summed E-state index contributed by atoms with van der Waals surface area (Å²) in [6, 6.07) is 51.4. The quantitative estimate of drug-likeness (QED) is 0.119. The van der Waals surface area contributed by atoms with E-state index in [4.69, 9.17) is 0 Å². The first kappa shape index (κ1) is 44.3. The third kappa shape index (κ3) is 7.28. The molecule has 60 heavy (non-hydrogen) atoms. The smallest absolute Gasteiger partial charge is 0.147 e. The van der Waals surface area contributed by atoms with Gasteiger partial charge in [0.1, 0.15) is 0 Å². The molecular weight excluding hydrogens is 863 g/mol. The van der Waals surface area contributed by atoms with Gasteiger partial charge in [-0.15, -0.1) is 24.8 Å². The van der Waals surface area contributed by atoms with E-state index in [1.54, 1.807) is 5.56 Å². The summed E-state index contributed by atoms with van der Waals surface area (Å²) in [4.78, 5) is 0. The van der Waals surface area contributed by atoms with Gasteiger partial charge in [0.25, 0.3) is 0 Å². The summed E-state index contributed by atoms with van der Waals surface area (Å²) in [7, 11) is 0. The van der Waals surface area contributed by atoms with Crippen molar-refractivity contribution in [2.75, 3.05) is 0 Å². The van der Waals surface area contributed by atoms with Gasteiger partial charge in [-0.1, -0.05) is 0 Å². The molecule has 0 aromatic heterocycles. The van der Waals surface area contributed by atoms with Crippen LogP contribution in [0.25, 0.3) is 61.5 Å². The Morgan fingerprint density at radius 1 is 0.483 bits per heavy atom. The zero-order valence-corrected chi connectivity index (χ0v) is 42.5. The molecule has 2 aliphatic carbocycles. The molecule has 0 saturated carbocycles. The van der Waals surface area contributed by atoms with Crippen LogP contribution in [0.15, 0.2) is 139 Å². The summed E-state index contributed by atoms with van der Waals surface area (Å²) in [6.45, 7) is 21.1. The molecule has 0 aliphatic heterocycles. The minimum Gasteiger partial charge on any atom is -0.147 e. The van der Waals surface area contributed by atoms with Crippen molar-refractivity contribution in [2.45, 2.75) is 82.7 Å². The molecule has 7 aromatic carbocycles. The van der Waals surface area contributed by atoms with Crippen LogP contribution in [0.1, 0.15) is 100 Å². The minimum absolute atomic E-state index is 0. The van der Waals surface area contributed by atoms with Gasteiger partial charge in [-0.2, -0.15) is 0 Å². The van der Waals surface area contributed by atoms with Gasteiger partial charge in [0.05, 0.1) is 0 Å². The number of benzene rings is 7. The third-order valence-corrected chi connectivity index (χ3v) is 31.3. The molecule has 0 bridgehead atoms. The SMILES string of the molecule is CC1=Cc2c(-c3ccc(C(C)(C)C)cc3)ccc(C)c2[CH]1[Zr]([CH3])([CH3])(=[SiH2])[CH]1C(c2cccc3c2ccc2ccccc23)=Cc2c(-c3ccc(C(C)(C)C)cc3)cccc21.Cl.Cl. The van der Waals surface area contributed by atoms with Crippen LogP contribution < -0.4 is 0 Å². The Labute approximate surface area is 373 Å². The molecule has 0 N–H and O–H groups in total. The molecule has 2 unspecified atom stereocenters. The van der Waals surface area contributed by atoms with Crippen molar-refractivity contribution in [3.05, 3.63) is 184 Å². The molecule has 0 nitrogen and oxygen atoms in total. The molecule has 7 aromatic rings. The van der Waals surface area contributed by atoms with E-state index in [9.17, 15) is 0 Å². The Bertz CT molecular complexity index is 2950. The second-order valence-electron chi connectivity index (χ2n) is 20.7. The van der Waals surface area contributed by atoms with Crippen LogP contribution in [0.3, 0.4) is 0 Å².